The van der Waals surface area contributed by atoms with Crippen LogP contribution in [0.4, 0.5) is 0 Å². The van der Waals surface area contributed by atoms with Crippen molar-refractivity contribution < 1.29 is 0 Å². The summed E-state index contributed by atoms with van der Waals surface area (Å²) in [5, 5.41) is 0. The number of aryl methyl sites for hydroxylation is 1. The summed E-state index contributed by atoms with van der Waals surface area (Å²) in [6, 6.07) is 6.19. The van der Waals surface area contributed by atoms with Crippen LogP contribution in [-0.2, 0) is 0 Å². The van der Waals surface area contributed by atoms with Crippen molar-refractivity contribution >= 4 is 6.08 Å². The van der Waals surface area contributed by atoms with Crippen molar-refractivity contribution in [1.82, 2.24) is 0 Å². The third-order valence-electron chi connectivity index (χ3n) is 2.55. The summed E-state index contributed by atoms with van der Waals surface area (Å²) in [6.07, 6.45) is 3.74. The molecule has 0 aliphatic rings. The second-order valence-corrected chi connectivity index (χ2v) is 3.62. The van der Waals surface area contributed by atoms with E-state index in [0.717, 1.165) is 11.1 Å². The second-order valence-electron chi connectivity index (χ2n) is 3.62. The molecule has 0 spiro atoms. The maximum absolute atomic E-state index is 5.65. The van der Waals surface area contributed by atoms with Gasteiger partial charge in [0.05, 0.1) is 0 Å². The van der Waals surface area contributed by atoms with Crippen molar-refractivity contribution in [3.63, 3.8) is 0 Å². The molecule has 0 bridgehead atoms. The van der Waals surface area contributed by atoms with E-state index in [1.54, 1.807) is 6.08 Å². The lowest BCUT2D eigenvalue weighted by molar-refractivity contribution is 1.32. The van der Waals surface area contributed by atoms with Gasteiger partial charge in [0.25, 0.3) is 0 Å². The predicted octanol–water partition coefficient (Wildman–Crippen LogP) is 3.35. The van der Waals surface area contributed by atoms with Gasteiger partial charge in [0.2, 0.25) is 0 Å². The zero-order chi connectivity index (χ0) is 11.4. The van der Waals surface area contributed by atoms with Crippen LogP contribution in [-0.4, -0.2) is 0 Å². The fourth-order valence-electron chi connectivity index (χ4n) is 1.38. The Morgan fingerprint density at radius 2 is 2.00 bits per heavy atom. The summed E-state index contributed by atoms with van der Waals surface area (Å²) in [4.78, 5) is 0. The lowest BCUT2D eigenvalue weighted by atomic mass is 10.0. The average molecular weight is 199 g/mol. The second kappa shape index (κ2) is 4.65. The third-order valence-corrected chi connectivity index (χ3v) is 2.55. The monoisotopic (exact) mass is 199 g/mol. The van der Waals surface area contributed by atoms with Gasteiger partial charge in [-0.15, -0.1) is 0 Å². The van der Waals surface area contributed by atoms with Crippen molar-refractivity contribution in [3.05, 3.63) is 65.4 Å². The molecule has 0 heterocycles. The molecule has 0 aromatic heterocycles. The minimum absolute atomic E-state index is 0.547. The smallest absolute Gasteiger partial charge is 0.0314 e. The number of rotatable bonds is 3. The van der Waals surface area contributed by atoms with Crippen molar-refractivity contribution in [1.29, 1.82) is 0 Å². The van der Waals surface area contributed by atoms with Gasteiger partial charge in [-0.1, -0.05) is 37.4 Å². The molecule has 0 unspecified atom stereocenters. The van der Waals surface area contributed by atoms with Crippen LogP contribution >= 0.6 is 0 Å². The van der Waals surface area contributed by atoms with Crippen LogP contribution in [0.1, 0.15) is 16.7 Å². The Morgan fingerprint density at radius 3 is 2.53 bits per heavy atom. The maximum atomic E-state index is 5.65. The normalized spacial score (nSPS) is 11.2. The van der Waals surface area contributed by atoms with E-state index >= 15 is 0 Å². The Kier molecular flexibility index (Phi) is 3.51. The van der Waals surface area contributed by atoms with Crippen LogP contribution in [0.2, 0.25) is 0 Å². The standard InChI is InChI=1S/C14H17N/c1-5-13(12(4)15)9-14-8-6-7-10(2)11(14)3/h5-9H,1,4,15H2,2-3H3/b13-9+. The van der Waals surface area contributed by atoms with Gasteiger partial charge in [-0.3, -0.25) is 0 Å². The molecule has 0 aliphatic carbocycles. The van der Waals surface area contributed by atoms with Crippen molar-refractivity contribution in [2.24, 2.45) is 5.73 Å². The molecule has 78 valence electrons. The van der Waals surface area contributed by atoms with Crippen LogP contribution in [0.15, 0.2) is 48.7 Å². The molecule has 2 N–H and O–H groups in total. The predicted molar refractivity (Wildman–Crippen MR) is 67.4 cm³/mol. The average Bonchev–Trinajstić information content (AvgIpc) is 2.19. The number of hydrogen-bond donors (Lipinski definition) is 1. The lowest BCUT2D eigenvalue weighted by Crippen LogP contribution is -1.97. The minimum Gasteiger partial charge on any atom is -0.399 e. The number of hydrogen-bond acceptors (Lipinski definition) is 1. The van der Waals surface area contributed by atoms with Gasteiger partial charge in [0, 0.05) is 5.70 Å². The number of benzene rings is 1. The Labute approximate surface area is 91.6 Å². The zero-order valence-electron chi connectivity index (χ0n) is 9.38. The Bertz CT molecular complexity index is 425. The number of nitrogens with two attached hydrogens (primary N) is 1. The first-order chi connectivity index (χ1) is 7.06. The van der Waals surface area contributed by atoms with Gasteiger partial charge in [-0.2, -0.15) is 0 Å². The molecule has 0 saturated carbocycles. The van der Waals surface area contributed by atoms with E-state index in [4.69, 9.17) is 5.73 Å². The molecule has 0 saturated heterocycles. The molecule has 0 amide bonds. The van der Waals surface area contributed by atoms with Crippen LogP contribution in [0.25, 0.3) is 6.08 Å². The van der Waals surface area contributed by atoms with Crippen LogP contribution < -0.4 is 5.73 Å². The van der Waals surface area contributed by atoms with Crippen molar-refractivity contribution in [2.75, 3.05) is 0 Å². The molecule has 0 radical (unpaired) electrons. The minimum atomic E-state index is 0.547. The summed E-state index contributed by atoms with van der Waals surface area (Å²) < 4.78 is 0. The third kappa shape index (κ3) is 2.59. The van der Waals surface area contributed by atoms with Gasteiger partial charge in [0.15, 0.2) is 0 Å². The molecule has 0 fully saturated rings. The Balaban J connectivity index is 3.23. The Hall–Kier alpha value is -1.76. The van der Waals surface area contributed by atoms with Crippen molar-refractivity contribution in [2.45, 2.75) is 13.8 Å². The Morgan fingerprint density at radius 1 is 1.33 bits per heavy atom. The lowest BCUT2D eigenvalue weighted by Gasteiger charge is -2.06. The summed E-state index contributed by atoms with van der Waals surface area (Å²) in [6.45, 7) is 11.6. The fraction of sp³-hybridized carbons (Fsp3) is 0.143. The first kappa shape index (κ1) is 11.3. The molecular weight excluding hydrogens is 182 g/mol. The SMILES string of the molecule is C=C/C(=C\c1cccc(C)c1C)C(=C)N. The molecule has 1 aromatic rings. The van der Waals surface area contributed by atoms with E-state index in [0.29, 0.717) is 5.70 Å². The maximum Gasteiger partial charge on any atom is 0.0314 e. The molecule has 1 aromatic carbocycles. The molecule has 1 rings (SSSR count). The summed E-state index contributed by atoms with van der Waals surface area (Å²) >= 11 is 0. The van der Waals surface area contributed by atoms with E-state index in [9.17, 15) is 0 Å². The fourth-order valence-corrected chi connectivity index (χ4v) is 1.38. The highest BCUT2D eigenvalue weighted by molar-refractivity contribution is 5.64. The van der Waals surface area contributed by atoms with Crippen LogP contribution in [0.3, 0.4) is 0 Å². The van der Waals surface area contributed by atoms with Gasteiger partial charge in [-0.05, 0) is 42.2 Å². The zero-order valence-corrected chi connectivity index (χ0v) is 9.38. The summed E-state index contributed by atoms with van der Waals surface area (Å²) in [7, 11) is 0. The first-order valence-corrected chi connectivity index (χ1v) is 4.91. The first-order valence-electron chi connectivity index (χ1n) is 4.91. The van der Waals surface area contributed by atoms with E-state index in [1.807, 2.05) is 12.1 Å². The van der Waals surface area contributed by atoms with Gasteiger partial charge >= 0.3 is 0 Å². The number of allylic oxidation sites excluding steroid dienone is 1. The molecule has 1 heteroatoms. The van der Waals surface area contributed by atoms with Crippen LogP contribution in [0.5, 0.6) is 0 Å². The van der Waals surface area contributed by atoms with E-state index < -0.39 is 0 Å². The molecule has 1 nitrogen and oxygen atoms in total. The summed E-state index contributed by atoms with van der Waals surface area (Å²) in [5.74, 6) is 0. The van der Waals surface area contributed by atoms with Gasteiger partial charge < -0.3 is 5.73 Å². The molecular formula is C14H17N. The molecule has 0 aliphatic heterocycles. The van der Waals surface area contributed by atoms with Crippen molar-refractivity contribution in [3.8, 4) is 0 Å². The van der Waals surface area contributed by atoms with Gasteiger partial charge in [0.1, 0.15) is 0 Å². The van der Waals surface area contributed by atoms with E-state index in [-0.39, 0.29) is 0 Å². The van der Waals surface area contributed by atoms with Crippen LogP contribution in [0, 0.1) is 13.8 Å². The van der Waals surface area contributed by atoms with E-state index in [1.165, 1.54) is 11.1 Å². The molecule has 15 heavy (non-hydrogen) atoms. The van der Waals surface area contributed by atoms with Gasteiger partial charge in [-0.25, -0.2) is 0 Å². The largest absolute Gasteiger partial charge is 0.399 e. The highest BCUT2D eigenvalue weighted by atomic mass is 14.6. The van der Waals surface area contributed by atoms with E-state index in [2.05, 4.69) is 39.1 Å². The topological polar surface area (TPSA) is 26.0 Å². The summed E-state index contributed by atoms with van der Waals surface area (Å²) in [5.41, 5.74) is 10.8. The highest BCUT2D eigenvalue weighted by Gasteiger charge is 1.99. The molecule has 0 atom stereocenters. The highest BCUT2D eigenvalue weighted by Crippen LogP contribution is 2.17. The quantitative estimate of drug-likeness (QED) is 0.742.